The van der Waals surface area contributed by atoms with Gasteiger partial charge in [0, 0.05) is 25.7 Å². The molecule has 0 aliphatic carbocycles. The number of benzene rings is 1. The number of hydrogen-bond donors (Lipinski definition) is 1. The molecule has 1 saturated heterocycles. The Hall–Kier alpha value is -0.910. The quantitative estimate of drug-likeness (QED) is 0.923. The van der Waals surface area contributed by atoms with Crippen molar-refractivity contribution >= 4 is 10.0 Å². The van der Waals surface area contributed by atoms with Crippen molar-refractivity contribution in [1.29, 1.82) is 0 Å². The largest absolute Gasteiger partial charge is 0.314 e. The van der Waals surface area contributed by atoms with Gasteiger partial charge in [0.15, 0.2) is 0 Å². The lowest BCUT2D eigenvalue weighted by Gasteiger charge is -2.32. The fraction of sp³-hybridized carbons (Fsp3) is 0.600. The van der Waals surface area contributed by atoms with Crippen molar-refractivity contribution in [3.8, 4) is 0 Å². The van der Waals surface area contributed by atoms with E-state index in [-0.39, 0.29) is 6.04 Å². The molecule has 1 N–H and O–H groups in total. The van der Waals surface area contributed by atoms with Crippen molar-refractivity contribution in [3.63, 3.8) is 0 Å². The van der Waals surface area contributed by atoms with E-state index in [1.165, 1.54) is 5.56 Å². The Bertz CT molecular complexity index is 537. The van der Waals surface area contributed by atoms with E-state index in [9.17, 15) is 8.42 Å². The molecule has 0 amide bonds. The molecule has 0 saturated carbocycles. The SMILES string of the molecule is CC(C)Cc1ccc(S(=O)(=O)N2CCNC[C@@H]2C)cc1. The molecule has 0 unspecified atom stereocenters. The molecule has 2 rings (SSSR count). The molecule has 0 aromatic heterocycles. The van der Waals surface area contributed by atoms with Crippen LogP contribution in [0, 0.1) is 5.92 Å². The molecule has 1 fully saturated rings. The fourth-order valence-corrected chi connectivity index (χ4v) is 4.21. The van der Waals surface area contributed by atoms with Crippen LogP contribution in [-0.4, -0.2) is 38.4 Å². The average molecular weight is 296 g/mol. The van der Waals surface area contributed by atoms with Crippen LogP contribution in [0.1, 0.15) is 26.3 Å². The molecule has 0 radical (unpaired) electrons. The highest BCUT2D eigenvalue weighted by Crippen LogP contribution is 2.20. The zero-order chi connectivity index (χ0) is 14.8. The van der Waals surface area contributed by atoms with Crippen molar-refractivity contribution < 1.29 is 8.42 Å². The number of sulfonamides is 1. The predicted molar refractivity (Wildman–Crippen MR) is 81.2 cm³/mol. The van der Waals surface area contributed by atoms with E-state index in [1.54, 1.807) is 16.4 Å². The highest BCUT2D eigenvalue weighted by Gasteiger charge is 2.30. The molecule has 5 heteroatoms. The third-order valence-corrected chi connectivity index (χ3v) is 5.64. The summed E-state index contributed by atoms with van der Waals surface area (Å²) < 4.78 is 26.9. The minimum atomic E-state index is -3.36. The molecular weight excluding hydrogens is 272 g/mol. The van der Waals surface area contributed by atoms with E-state index in [1.807, 2.05) is 19.1 Å². The van der Waals surface area contributed by atoms with Crippen LogP contribution < -0.4 is 5.32 Å². The summed E-state index contributed by atoms with van der Waals surface area (Å²) in [6.45, 7) is 8.23. The minimum absolute atomic E-state index is 0.00379. The van der Waals surface area contributed by atoms with Crippen molar-refractivity contribution in [2.75, 3.05) is 19.6 Å². The van der Waals surface area contributed by atoms with E-state index in [0.29, 0.717) is 23.9 Å². The molecule has 1 atom stereocenters. The molecule has 1 heterocycles. The van der Waals surface area contributed by atoms with Crippen molar-refractivity contribution in [2.45, 2.75) is 38.1 Å². The summed E-state index contributed by atoms with van der Waals surface area (Å²) in [6, 6.07) is 7.34. The Labute approximate surface area is 122 Å². The third kappa shape index (κ3) is 3.40. The number of hydrogen-bond acceptors (Lipinski definition) is 3. The first kappa shape index (κ1) is 15.5. The van der Waals surface area contributed by atoms with Gasteiger partial charge in [-0.2, -0.15) is 4.31 Å². The van der Waals surface area contributed by atoms with E-state index in [4.69, 9.17) is 0 Å². The predicted octanol–water partition coefficient (Wildman–Crippen LogP) is 1.87. The van der Waals surface area contributed by atoms with Gasteiger partial charge in [0.25, 0.3) is 0 Å². The van der Waals surface area contributed by atoms with Gasteiger partial charge in [0.2, 0.25) is 10.0 Å². The summed E-state index contributed by atoms with van der Waals surface area (Å²) in [4.78, 5) is 0.402. The summed E-state index contributed by atoms with van der Waals surface area (Å²) in [5.74, 6) is 0.575. The molecular formula is C15H24N2O2S. The van der Waals surface area contributed by atoms with Crippen LogP contribution in [0.4, 0.5) is 0 Å². The molecule has 20 heavy (non-hydrogen) atoms. The smallest absolute Gasteiger partial charge is 0.243 e. The number of rotatable bonds is 4. The Balaban J connectivity index is 2.21. The Morgan fingerprint density at radius 1 is 1.30 bits per heavy atom. The van der Waals surface area contributed by atoms with Crippen molar-refractivity contribution in [3.05, 3.63) is 29.8 Å². The van der Waals surface area contributed by atoms with Gasteiger partial charge in [0.1, 0.15) is 0 Å². The Kier molecular flexibility index (Phi) is 4.83. The summed E-state index contributed by atoms with van der Waals surface area (Å²) in [7, 11) is -3.36. The van der Waals surface area contributed by atoms with Gasteiger partial charge in [-0.3, -0.25) is 0 Å². The molecule has 4 nitrogen and oxygen atoms in total. The van der Waals surface area contributed by atoms with Crippen LogP contribution in [-0.2, 0) is 16.4 Å². The summed E-state index contributed by atoms with van der Waals surface area (Å²) in [5.41, 5.74) is 1.19. The van der Waals surface area contributed by atoms with Gasteiger partial charge < -0.3 is 5.32 Å². The van der Waals surface area contributed by atoms with Crippen LogP contribution in [0.2, 0.25) is 0 Å². The number of nitrogens with one attached hydrogen (secondary N) is 1. The first-order chi connectivity index (χ1) is 9.41. The maximum Gasteiger partial charge on any atom is 0.243 e. The molecule has 1 aliphatic heterocycles. The van der Waals surface area contributed by atoms with Gasteiger partial charge in [-0.15, -0.1) is 0 Å². The van der Waals surface area contributed by atoms with Crippen LogP contribution in [0.3, 0.4) is 0 Å². The second-order valence-electron chi connectivity index (χ2n) is 5.91. The first-order valence-corrected chi connectivity index (χ1v) is 8.67. The average Bonchev–Trinajstić information content (AvgIpc) is 2.39. The first-order valence-electron chi connectivity index (χ1n) is 7.23. The van der Waals surface area contributed by atoms with Crippen LogP contribution in [0.5, 0.6) is 0 Å². The molecule has 1 aliphatic rings. The highest BCUT2D eigenvalue weighted by molar-refractivity contribution is 7.89. The number of piperazine rings is 1. The monoisotopic (exact) mass is 296 g/mol. The van der Waals surface area contributed by atoms with Gasteiger partial charge in [-0.05, 0) is 37.0 Å². The van der Waals surface area contributed by atoms with E-state index in [2.05, 4.69) is 19.2 Å². The third-order valence-electron chi connectivity index (χ3n) is 3.61. The second kappa shape index (κ2) is 6.24. The topological polar surface area (TPSA) is 49.4 Å². The molecule has 0 bridgehead atoms. The minimum Gasteiger partial charge on any atom is -0.314 e. The number of nitrogens with zero attached hydrogens (tertiary/aromatic N) is 1. The lowest BCUT2D eigenvalue weighted by atomic mass is 10.0. The summed E-state index contributed by atoms with van der Waals surface area (Å²) in [5, 5.41) is 3.21. The van der Waals surface area contributed by atoms with Crippen LogP contribution in [0.15, 0.2) is 29.2 Å². The van der Waals surface area contributed by atoms with Crippen molar-refractivity contribution in [2.24, 2.45) is 5.92 Å². The zero-order valence-electron chi connectivity index (χ0n) is 12.5. The highest BCUT2D eigenvalue weighted by atomic mass is 32.2. The normalized spacial score (nSPS) is 21.3. The van der Waals surface area contributed by atoms with Gasteiger partial charge >= 0.3 is 0 Å². The second-order valence-corrected chi connectivity index (χ2v) is 7.80. The summed E-state index contributed by atoms with van der Waals surface area (Å²) in [6.07, 6.45) is 0.977. The molecule has 112 valence electrons. The molecule has 0 spiro atoms. The maximum atomic E-state index is 12.6. The zero-order valence-corrected chi connectivity index (χ0v) is 13.3. The van der Waals surface area contributed by atoms with E-state index < -0.39 is 10.0 Å². The Morgan fingerprint density at radius 3 is 2.50 bits per heavy atom. The van der Waals surface area contributed by atoms with Gasteiger partial charge in [-0.1, -0.05) is 26.0 Å². The lowest BCUT2D eigenvalue weighted by Crippen LogP contribution is -2.52. The Morgan fingerprint density at radius 2 is 1.95 bits per heavy atom. The van der Waals surface area contributed by atoms with E-state index >= 15 is 0 Å². The van der Waals surface area contributed by atoms with Gasteiger partial charge in [-0.25, -0.2) is 8.42 Å². The maximum absolute atomic E-state index is 12.6. The standard InChI is InChI=1S/C15H24N2O2S/c1-12(2)10-14-4-6-15(7-5-14)20(18,19)17-9-8-16-11-13(17)3/h4-7,12-13,16H,8-11H2,1-3H3/t13-/m0/s1. The van der Waals surface area contributed by atoms with E-state index in [0.717, 1.165) is 13.0 Å². The van der Waals surface area contributed by atoms with Crippen molar-refractivity contribution in [1.82, 2.24) is 9.62 Å². The molecule has 1 aromatic rings. The van der Waals surface area contributed by atoms with Gasteiger partial charge in [0.05, 0.1) is 4.90 Å². The molecule has 1 aromatic carbocycles. The fourth-order valence-electron chi connectivity index (χ4n) is 2.58. The summed E-state index contributed by atoms with van der Waals surface area (Å²) >= 11 is 0. The van der Waals surface area contributed by atoms with Crippen LogP contribution in [0.25, 0.3) is 0 Å². The van der Waals surface area contributed by atoms with Crippen LogP contribution >= 0.6 is 0 Å². The lowest BCUT2D eigenvalue weighted by molar-refractivity contribution is 0.284.